The molecule has 0 fully saturated rings. The first-order valence-corrected chi connectivity index (χ1v) is 7.83. The van der Waals surface area contributed by atoms with Crippen molar-refractivity contribution >= 4 is 27.7 Å². The minimum Gasteiger partial charge on any atom is -0.466 e. The van der Waals surface area contributed by atoms with Crippen molar-refractivity contribution in [2.45, 2.75) is 17.9 Å². The maximum Gasteiger partial charge on any atom is 0.136 e. The summed E-state index contributed by atoms with van der Waals surface area (Å²) < 4.78 is 20.0. The summed E-state index contributed by atoms with van der Waals surface area (Å²) in [6.07, 6.45) is 1.65. The van der Waals surface area contributed by atoms with E-state index in [9.17, 15) is 4.39 Å². The van der Waals surface area contributed by atoms with Gasteiger partial charge in [-0.05, 0) is 40.7 Å². The molecule has 1 unspecified atom stereocenters. The third-order valence-corrected chi connectivity index (χ3v) is 4.45. The third kappa shape index (κ3) is 3.84. The number of hydrogen-bond donors (Lipinski definition) is 1. The van der Waals surface area contributed by atoms with Gasteiger partial charge in [0.1, 0.15) is 11.6 Å². The van der Waals surface area contributed by atoms with Gasteiger partial charge in [-0.2, -0.15) is 0 Å². The molecule has 0 amide bonds. The lowest BCUT2D eigenvalue weighted by atomic mass is 10.2. The quantitative estimate of drug-likeness (QED) is 0.774. The Morgan fingerprint density at radius 2 is 2.16 bits per heavy atom. The summed E-state index contributed by atoms with van der Waals surface area (Å²) in [5.74, 6) is 1.38. The molecular formula is C14H15BrFNOS. The number of hydrogen-bond acceptors (Lipinski definition) is 3. The zero-order valence-electron chi connectivity index (χ0n) is 10.5. The number of rotatable bonds is 6. The van der Waals surface area contributed by atoms with Crippen LogP contribution in [0.2, 0.25) is 0 Å². The molecule has 1 N–H and O–H groups in total. The van der Waals surface area contributed by atoms with Gasteiger partial charge in [0.25, 0.3) is 0 Å². The highest BCUT2D eigenvalue weighted by Gasteiger charge is 2.17. The summed E-state index contributed by atoms with van der Waals surface area (Å²) in [5.41, 5.74) is 0. The fourth-order valence-corrected chi connectivity index (χ4v) is 3.24. The lowest BCUT2D eigenvalue weighted by molar-refractivity contribution is 0.438. The van der Waals surface area contributed by atoms with Crippen molar-refractivity contribution in [1.82, 2.24) is 5.32 Å². The summed E-state index contributed by atoms with van der Waals surface area (Å²) in [4.78, 5) is 0.660. The SMILES string of the molecule is CCNC(CSc1ccccc1F)c1occc1Br. The van der Waals surface area contributed by atoms with Crippen molar-refractivity contribution in [3.05, 3.63) is 52.6 Å². The second-order valence-corrected chi connectivity index (χ2v) is 5.90. The highest BCUT2D eigenvalue weighted by Crippen LogP contribution is 2.30. The van der Waals surface area contributed by atoms with Gasteiger partial charge in [-0.15, -0.1) is 11.8 Å². The van der Waals surface area contributed by atoms with Crippen LogP contribution in [-0.2, 0) is 0 Å². The molecule has 102 valence electrons. The Kier molecular flexibility index (Phi) is 5.48. The van der Waals surface area contributed by atoms with Crippen LogP contribution in [-0.4, -0.2) is 12.3 Å². The van der Waals surface area contributed by atoms with E-state index >= 15 is 0 Å². The van der Waals surface area contributed by atoms with Crippen molar-refractivity contribution in [3.8, 4) is 0 Å². The molecule has 0 radical (unpaired) electrons. The van der Waals surface area contributed by atoms with Crippen molar-refractivity contribution in [2.75, 3.05) is 12.3 Å². The van der Waals surface area contributed by atoms with E-state index in [0.29, 0.717) is 10.6 Å². The van der Waals surface area contributed by atoms with Gasteiger partial charge in [-0.3, -0.25) is 0 Å². The van der Waals surface area contributed by atoms with Crippen LogP contribution in [0.3, 0.4) is 0 Å². The average molecular weight is 344 g/mol. The van der Waals surface area contributed by atoms with Crippen LogP contribution in [0.1, 0.15) is 18.7 Å². The van der Waals surface area contributed by atoms with E-state index in [1.54, 1.807) is 18.4 Å². The molecule has 0 saturated heterocycles. The fraction of sp³-hybridized carbons (Fsp3) is 0.286. The number of benzene rings is 1. The minimum atomic E-state index is -0.179. The molecule has 1 atom stereocenters. The van der Waals surface area contributed by atoms with Crippen molar-refractivity contribution < 1.29 is 8.81 Å². The van der Waals surface area contributed by atoms with Crippen molar-refractivity contribution in [2.24, 2.45) is 0 Å². The lowest BCUT2D eigenvalue weighted by Gasteiger charge is -2.16. The van der Waals surface area contributed by atoms with Crippen LogP contribution < -0.4 is 5.32 Å². The summed E-state index contributed by atoms with van der Waals surface area (Å²) in [5, 5.41) is 3.35. The molecule has 2 rings (SSSR count). The fourth-order valence-electron chi connectivity index (χ4n) is 1.76. The molecule has 19 heavy (non-hydrogen) atoms. The van der Waals surface area contributed by atoms with E-state index < -0.39 is 0 Å². The first-order chi connectivity index (χ1) is 9.22. The van der Waals surface area contributed by atoms with Crippen LogP contribution in [0.5, 0.6) is 0 Å². The first kappa shape index (κ1) is 14.6. The summed E-state index contributed by atoms with van der Waals surface area (Å²) in [6, 6.07) is 8.74. The van der Waals surface area contributed by atoms with E-state index in [0.717, 1.165) is 16.8 Å². The first-order valence-electron chi connectivity index (χ1n) is 6.06. The van der Waals surface area contributed by atoms with Gasteiger partial charge in [-0.1, -0.05) is 19.1 Å². The van der Waals surface area contributed by atoms with Crippen molar-refractivity contribution in [1.29, 1.82) is 0 Å². The summed E-state index contributed by atoms with van der Waals surface area (Å²) in [6.45, 7) is 2.87. The van der Waals surface area contributed by atoms with Gasteiger partial charge in [0.2, 0.25) is 0 Å². The van der Waals surface area contributed by atoms with Crippen LogP contribution in [0.15, 0.2) is 50.4 Å². The van der Waals surface area contributed by atoms with E-state index in [-0.39, 0.29) is 11.9 Å². The number of furan rings is 1. The molecule has 0 saturated carbocycles. The number of halogens is 2. The second kappa shape index (κ2) is 7.12. The van der Waals surface area contributed by atoms with Gasteiger partial charge in [0.05, 0.1) is 16.8 Å². The number of nitrogens with one attached hydrogen (secondary N) is 1. The van der Waals surface area contributed by atoms with Crippen LogP contribution in [0, 0.1) is 5.82 Å². The van der Waals surface area contributed by atoms with Crippen LogP contribution >= 0.6 is 27.7 Å². The molecule has 0 aliphatic rings. The zero-order valence-corrected chi connectivity index (χ0v) is 12.9. The topological polar surface area (TPSA) is 25.2 Å². The normalized spacial score (nSPS) is 12.6. The monoisotopic (exact) mass is 343 g/mol. The van der Waals surface area contributed by atoms with Gasteiger partial charge in [-0.25, -0.2) is 4.39 Å². The van der Waals surface area contributed by atoms with E-state index in [4.69, 9.17) is 4.42 Å². The molecule has 0 bridgehead atoms. The lowest BCUT2D eigenvalue weighted by Crippen LogP contribution is -2.22. The average Bonchev–Trinajstić information content (AvgIpc) is 2.82. The van der Waals surface area contributed by atoms with Crippen LogP contribution in [0.25, 0.3) is 0 Å². The molecule has 5 heteroatoms. The van der Waals surface area contributed by atoms with E-state index in [2.05, 4.69) is 21.2 Å². The van der Waals surface area contributed by atoms with E-state index in [1.165, 1.54) is 17.8 Å². The molecule has 0 aliphatic carbocycles. The molecule has 1 aromatic carbocycles. The van der Waals surface area contributed by atoms with Gasteiger partial charge in [0.15, 0.2) is 0 Å². The second-order valence-electron chi connectivity index (χ2n) is 3.98. The Morgan fingerprint density at radius 3 is 2.79 bits per heavy atom. The molecule has 0 aliphatic heterocycles. The molecule has 1 heterocycles. The Balaban J connectivity index is 2.06. The maximum atomic E-state index is 13.6. The Labute approximate surface area is 124 Å². The van der Waals surface area contributed by atoms with Crippen LogP contribution in [0.4, 0.5) is 4.39 Å². The molecule has 1 aromatic heterocycles. The zero-order chi connectivity index (χ0) is 13.7. The van der Waals surface area contributed by atoms with Gasteiger partial charge >= 0.3 is 0 Å². The smallest absolute Gasteiger partial charge is 0.136 e. The Hall–Kier alpha value is -0.780. The standard InChI is InChI=1S/C14H15BrFNOS/c1-2-17-12(14-10(15)7-8-18-14)9-19-13-6-4-3-5-11(13)16/h3-8,12,17H,2,9H2,1H3. The van der Waals surface area contributed by atoms with Crippen molar-refractivity contribution in [3.63, 3.8) is 0 Å². The molecule has 0 spiro atoms. The van der Waals surface area contributed by atoms with Gasteiger partial charge < -0.3 is 9.73 Å². The Bertz CT molecular complexity index is 532. The summed E-state index contributed by atoms with van der Waals surface area (Å²) in [7, 11) is 0. The highest BCUT2D eigenvalue weighted by molar-refractivity contribution is 9.10. The minimum absolute atomic E-state index is 0.0546. The predicted molar refractivity (Wildman–Crippen MR) is 79.9 cm³/mol. The summed E-state index contributed by atoms with van der Waals surface area (Å²) >= 11 is 4.94. The third-order valence-electron chi connectivity index (χ3n) is 2.65. The molecule has 2 nitrogen and oxygen atoms in total. The predicted octanol–water partition coefficient (Wildman–Crippen LogP) is 4.62. The molecule has 2 aromatic rings. The number of thioether (sulfide) groups is 1. The largest absolute Gasteiger partial charge is 0.466 e. The van der Waals surface area contributed by atoms with E-state index in [1.807, 2.05) is 19.1 Å². The maximum absolute atomic E-state index is 13.6. The van der Waals surface area contributed by atoms with Gasteiger partial charge in [0, 0.05) is 10.6 Å². The highest BCUT2D eigenvalue weighted by atomic mass is 79.9. The molecular weight excluding hydrogens is 329 g/mol. The Morgan fingerprint density at radius 1 is 1.37 bits per heavy atom.